The fourth-order valence-electron chi connectivity index (χ4n) is 2.85. The van der Waals surface area contributed by atoms with E-state index in [-0.39, 0.29) is 6.04 Å². The summed E-state index contributed by atoms with van der Waals surface area (Å²) < 4.78 is 1.83. The Balaban J connectivity index is 2.05. The van der Waals surface area contributed by atoms with Crippen LogP contribution in [0.4, 0.5) is 11.6 Å². The van der Waals surface area contributed by atoms with Crippen molar-refractivity contribution in [3.05, 3.63) is 35.5 Å². The number of imidazole rings is 1. The third kappa shape index (κ3) is 3.28. The molecule has 0 saturated carbocycles. The van der Waals surface area contributed by atoms with Crippen molar-refractivity contribution in [3.8, 4) is 5.82 Å². The molecule has 1 atom stereocenters. The Morgan fingerprint density at radius 3 is 2.56 bits per heavy atom. The summed E-state index contributed by atoms with van der Waals surface area (Å²) in [6.07, 6.45) is 1.69. The molecule has 0 radical (unpaired) electrons. The summed E-state index contributed by atoms with van der Waals surface area (Å²) in [7, 11) is 0. The summed E-state index contributed by atoms with van der Waals surface area (Å²) in [5.41, 5.74) is 17.0. The highest BCUT2D eigenvalue weighted by molar-refractivity contribution is 5.82. The van der Waals surface area contributed by atoms with Crippen LogP contribution in [0.3, 0.4) is 0 Å². The van der Waals surface area contributed by atoms with Crippen molar-refractivity contribution in [2.75, 3.05) is 17.6 Å². The van der Waals surface area contributed by atoms with Crippen LogP contribution in [0.25, 0.3) is 16.9 Å². The Morgan fingerprint density at radius 1 is 1.16 bits per heavy atom. The van der Waals surface area contributed by atoms with Gasteiger partial charge in [0.15, 0.2) is 5.82 Å². The molecule has 0 amide bonds. The number of rotatable bonds is 5. The van der Waals surface area contributed by atoms with Crippen molar-refractivity contribution >= 4 is 22.7 Å². The first-order chi connectivity index (χ1) is 11.9. The van der Waals surface area contributed by atoms with Crippen LogP contribution >= 0.6 is 0 Å². The molecule has 5 N–H and O–H groups in total. The second-order valence-corrected chi connectivity index (χ2v) is 6.76. The van der Waals surface area contributed by atoms with Crippen molar-refractivity contribution in [1.29, 1.82) is 0 Å². The number of aryl methyl sites for hydroxylation is 2. The molecule has 0 spiro atoms. The van der Waals surface area contributed by atoms with Crippen LogP contribution in [-0.4, -0.2) is 32.3 Å². The number of hydrogen-bond donors (Lipinski definition) is 3. The molecular formula is C18H25N7. The Kier molecular flexibility index (Phi) is 4.59. The highest BCUT2D eigenvalue weighted by atomic mass is 15.3. The van der Waals surface area contributed by atoms with Gasteiger partial charge in [-0.15, -0.1) is 5.10 Å². The van der Waals surface area contributed by atoms with Gasteiger partial charge in [-0.2, -0.15) is 5.10 Å². The van der Waals surface area contributed by atoms with Gasteiger partial charge in [-0.25, -0.2) is 4.98 Å². The zero-order valence-electron chi connectivity index (χ0n) is 15.1. The van der Waals surface area contributed by atoms with E-state index in [9.17, 15) is 0 Å². The van der Waals surface area contributed by atoms with E-state index in [2.05, 4.69) is 54.3 Å². The van der Waals surface area contributed by atoms with Gasteiger partial charge in [0.25, 0.3) is 0 Å². The van der Waals surface area contributed by atoms with Crippen molar-refractivity contribution in [2.24, 2.45) is 11.7 Å². The molecular weight excluding hydrogens is 314 g/mol. The van der Waals surface area contributed by atoms with Gasteiger partial charge in [-0.05, 0) is 43.0 Å². The molecule has 25 heavy (non-hydrogen) atoms. The number of hydrogen-bond acceptors (Lipinski definition) is 6. The van der Waals surface area contributed by atoms with Crippen LogP contribution in [0.15, 0.2) is 24.4 Å². The first-order valence-electron chi connectivity index (χ1n) is 8.45. The van der Waals surface area contributed by atoms with Crippen LogP contribution in [-0.2, 0) is 0 Å². The van der Waals surface area contributed by atoms with Gasteiger partial charge in [0, 0.05) is 18.7 Å². The molecule has 2 aromatic heterocycles. The first-order valence-corrected chi connectivity index (χ1v) is 8.45. The van der Waals surface area contributed by atoms with E-state index >= 15 is 0 Å². The lowest BCUT2D eigenvalue weighted by Crippen LogP contribution is -2.33. The topological polar surface area (TPSA) is 108 Å². The van der Waals surface area contributed by atoms with E-state index < -0.39 is 0 Å². The maximum Gasteiger partial charge on any atom is 0.207 e. The second-order valence-electron chi connectivity index (χ2n) is 6.76. The largest absolute Gasteiger partial charge is 0.379 e. The van der Waals surface area contributed by atoms with E-state index in [1.54, 1.807) is 6.20 Å². The predicted octanol–water partition coefficient (Wildman–Crippen LogP) is 2.41. The van der Waals surface area contributed by atoms with Crippen molar-refractivity contribution < 1.29 is 0 Å². The number of nitrogens with two attached hydrogens (primary N) is 2. The van der Waals surface area contributed by atoms with Gasteiger partial charge in [-0.1, -0.05) is 13.8 Å². The number of fused-ring (bicyclic) bond motifs is 1. The van der Waals surface area contributed by atoms with Gasteiger partial charge in [0.2, 0.25) is 5.95 Å². The molecule has 7 heteroatoms. The molecule has 0 aliphatic heterocycles. The van der Waals surface area contributed by atoms with Gasteiger partial charge >= 0.3 is 0 Å². The van der Waals surface area contributed by atoms with Crippen LogP contribution in [0.5, 0.6) is 0 Å². The number of aromatic nitrogens is 4. The lowest BCUT2D eigenvalue weighted by Gasteiger charge is -2.21. The highest BCUT2D eigenvalue weighted by Gasteiger charge is 2.15. The second kappa shape index (κ2) is 6.68. The van der Waals surface area contributed by atoms with E-state index in [1.807, 2.05) is 16.7 Å². The highest BCUT2D eigenvalue weighted by Crippen LogP contribution is 2.25. The van der Waals surface area contributed by atoms with Gasteiger partial charge in [0.05, 0.1) is 22.9 Å². The predicted molar refractivity (Wildman–Crippen MR) is 102 cm³/mol. The monoisotopic (exact) mass is 339 g/mol. The molecule has 0 bridgehead atoms. The van der Waals surface area contributed by atoms with Crippen molar-refractivity contribution in [3.63, 3.8) is 0 Å². The molecule has 7 nitrogen and oxygen atoms in total. The Bertz CT molecular complexity index is 898. The van der Waals surface area contributed by atoms with Gasteiger partial charge in [0.1, 0.15) is 0 Å². The first kappa shape index (κ1) is 17.2. The van der Waals surface area contributed by atoms with Crippen molar-refractivity contribution in [1.82, 2.24) is 19.7 Å². The zero-order chi connectivity index (χ0) is 18.1. The normalized spacial score (nSPS) is 12.7. The summed E-state index contributed by atoms with van der Waals surface area (Å²) in [6, 6.07) is 6.20. The minimum Gasteiger partial charge on any atom is -0.379 e. The summed E-state index contributed by atoms with van der Waals surface area (Å²) >= 11 is 0. The zero-order valence-corrected chi connectivity index (χ0v) is 15.1. The van der Waals surface area contributed by atoms with E-state index in [0.29, 0.717) is 24.2 Å². The number of benzene rings is 1. The Hall–Kier alpha value is -2.67. The summed E-state index contributed by atoms with van der Waals surface area (Å²) in [6.45, 7) is 8.94. The third-order valence-corrected chi connectivity index (χ3v) is 4.58. The SMILES string of the molecule is Cc1cc2nc(N)n(-c3cc(N[C@H](CN)C(C)C)cnn3)c2cc1C. The molecule has 2 heterocycles. The number of anilines is 2. The fraction of sp³-hybridized carbons (Fsp3) is 0.389. The summed E-state index contributed by atoms with van der Waals surface area (Å²) in [4.78, 5) is 4.46. The van der Waals surface area contributed by atoms with Crippen LogP contribution in [0.2, 0.25) is 0 Å². The Morgan fingerprint density at radius 2 is 1.88 bits per heavy atom. The number of nitrogens with zero attached hydrogens (tertiary/aromatic N) is 4. The maximum absolute atomic E-state index is 6.15. The third-order valence-electron chi connectivity index (χ3n) is 4.58. The van der Waals surface area contributed by atoms with Crippen LogP contribution in [0, 0.1) is 19.8 Å². The standard InChI is InChI=1S/C18H25N7/c1-10(2)15(8-19)22-13-7-17(24-21-9-13)25-16-6-12(4)11(3)5-14(16)23-18(25)20/h5-7,9-10,15H,8,19H2,1-4H3,(H2,20,23)(H,22,24)/t15-/m1/s1. The molecule has 3 aromatic rings. The van der Waals surface area contributed by atoms with E-state index in [4.69, 9.17) is 11.5 Å². The molecule has 0 fully saturated rings. The summed E-state index contributed by atoms with van der Waals surface area (Å²) in [5, 5.41) is 11.8. The van der Waals surface area contributed by atoms with Crippen molar-refractivity contribution in [2.45, 2.75) is 33.7 Å². The smallest absolute Gasteiger partial charge is 0.207 e. The quantitative estimate of drug-likeness (QED) is 0.659. The molecule has 0 aliphatic rings. The average molecular weight is 339 g/mol. The molecule has 1 aromatic carbocycles. The fourth-order valence-corrected chi connectivity index (χ4v) is 2.85. The molecule has 3 rings (SSSR count). The number of nitrogen functional groups attached to an aromatic ring is 1. The molecule has 0 aliphatic carbocycles. The van der Waals surface area contributed by atoms with E-state index in [0.717, 1.165) is 16.7 Å². The van der Waals surface area contributed by atoms with Crippen LogP contribution in [0.1, 0.15) is 25.0 Å². The van der Waals surface area contributed by atoms with Gasteiger partial charge in [-0.3, -0.25) is 4.57 Å². The lowest BCUT2D eigenvalue weighted by atomic mass is 10.0. The average Bonchev–Trinajstić information content (AvgIpc) is 2.88. The Labute approximate surface area is 147 Å². The number of nitrogens with one attached hydrogen (secondary N) is 1. The van der Waals surface area contributed by atoms with Crippen LogP contribution < -0.4 is 16.8 Å². The molecule has 0 unspecified atom stereocenters. The summed E-state index contributed by atoms with van der Waals surface area (Å²) in [5.74, 6) is 1.44. The van der Waals surface area contributed by atoms with E-state index in [1.165, 1.54) is 11.1 Å². The molecule has 0 saturated heterocycles. The minimum atomic E-state index is 0.166. The van der Waals surface area contributed by atoms with Gasteiger partial charge < -0.3 is 16.8 Å². The lowest BCUT2D eigenvalue weighted by molar-refractivity contribution is 0.531. The maximum atomic E-state index is 6.15. The molecule has 132 valence electrons. The minimum absolute atomic E-state index is 0.166.